The van der Waals surface area contributed by atoms with E-state index in [1.165, 1.54) is 11.3 Å². The summed E-state index contributed by atoms with van der Waals surface area (Å²) in [6.45, 7) is -0.192. The number of rotatable bonds is 10. The molecule has 38 heavy (non-hydrogen) atoms. The highest BCUT2D eigenvalue weighted by Gasteiger charge is 2.33. The quantitative estimate of drug-likeness (QED) is 0.281. The number of hydrogen-bond acceptors (Lipinski definition) is 3. The first-order valence-electron chi connectivity index (χ1n) is 12.9. The van der Waals surface area contributed by atoms with Gasteiger partial charge in [0.15, 0.2) is 6.61 Å². The zero-order valence-corrected chi connectivity index (χ0v) is 23.3. The first kappa shape index (κ1) is 28.3. The maximum absolute atomic E-state index is 13.8. The normalized spacial score (nSPS) is 14.5. The molecule has 0 bridgehead atoms. The Balaban J connectivity index is 1.64. The van der Waals surface area contributed by atoms with Gasteiger partial charge in [0.25, 0.3) is 5.91 Å². The molecule has 1 aliphatic rings. The lowest BCUT2D eigenvalue weighted by molar-refractivity contribution is -0.143. The topological polar surface area (TPSA) is 58.6 Å². The first-order valence-corrected chi connectivity index (χ1v) is 14.0. The second-order valence-corrected chi connectivity index (χ2v) is 10.8. The third-order valence-corrected chi connectivity index (χ3v) is 7.75. The van der Waals surface area contributed by atoms with Crippen molar-refractivity contribution in [3.05, 3.63) is 99.0 Å². The molecule has 3 aromatic carbocycles. The van der Waals surface area contributed by atoms with Crippen LogP contribution in [0.2, 0.25) is 15.1 Å². The van der Waals surface area contributed by atoms with Gasteiger partial charge in [0, 0.05) is 39.6 Å². The second kappa shape index (κ2) is 13.9. The molecule has 8 heteroatoms. The van der Waals surface area contributed by atoms with Crippen LogP contribution in [0, 0.1) is 0 Å². The lowest BCUT2D eigenvalue weighted by atomic mass is 9.94. The third kappa shape index (κ3) is 7.89. The highest BCUT2D eigenvalue weighted by atomic mass is 35.5. The number of hydrogen-bond donors (Lipinski definition) is 1. The molecule has 1 atom stereocenters. The van der Waals surface area contributed by atoms with Gasteiger partial charge in [0.05, 0.1) is 0 Å². The lowest BCUT2D eigenvalue weighted by Gasteiger charge is -2.33. The fraction of sp³-hybridized carbons (Fsp3) is 0.333. The van der Waals surface area contributed by atoms with E-state index in [0.29, 0.717) is 32.8 Å². The van der Waals surface area contributed by atoms with E-state index in [0.717, 1.165) is 31.2 Å². The summed E-state index contributed by atoms with van der Waals surface area (Å²) in [5.74, 6) is -0.0378. The molecule has 0 heterocycles. The predicted molar refractivity (Wildman–Crippen MR) is 153 cm³/mol. The Labute approximate surface area is 239 Å². The Kier molecular flexibility index (Phi) is 10.3. The van der Waals surface area contributed by atoms with Crippen molar-refractivity contribution in [2.75, 3.05) is 6.61 Å². The fourth-order valence-corrected chi connectivity index (χ4v) is 5.35. The maximum Gasteiger partial charge on any atom is 0.261 e. The Morgan fingerprint density at radius 3 is 2.18 bits per heavy atom. The van der Waals surface area contributed by atoms with Crippen molar-refractivity contribution >= 4 is 46.6 Å². The third-order valence-electron chi connectivity index (χ3n) is 6.79. The van der Waals surface area contributed by atoms with Gasteiger partial charge in [0.1, 0.15) is 11.8 Å². The smallest absolute Gasteiger partial charge is 0.261 e. The molecular formula is C30H31Cl3N2O3. The fourth-order valence-electron chi connectivity index (χ4n) is 4.71. The monoisotopic (exact) mass is 572 g/mol. The van der Waals surface area contributed by atoms with Crippen LogP contribution in [0.3, 0.4) is 0 Å². The van der Waals surface area contributed by atoms with E-state index in [4.69, 9.17) is 39.5 Å². The summed E-state index contributed by atoms with van der Waals surface area (Å²) >= 11 is 19.0. The molecule has 1 N–H and O–H groups in total. The van der Waals surface area contributed by atoms with Gasteiger partial charge in [0.2, 0.25) is 5.91 Å². The molecule has 0 aliphatic heterocycles. The van der Waals surface area contributed by atoms with Crippen LogP contribution in [0.4, 0.5) is 0 Å². The van der Waals surface area contributed by atoms with Crippen LogP contribution in [0.25, 0.3) is 0 Å². The minimum Gasteiger partial charge on any atom is -0.484 e. The average Bonchev–Trinajstić information content (AvgIpc) is 2.92. The lowest BCUT2D eigenvalue weighted by Crippen LogP contribution is -2.53. The summed E-state index contributed by atoms with van der Waals surface area (Å²) in [4.78, 5) is 29.1. The number of amides is 2. The van der Waals surface area contributed by atoms with E-state index < -0.39 is 6.04 Å². The van der Waals surface area contributed by atoms with Crippen molar-refractivity contribution < 1.29 is 14.3 Å². The molecule has 1 fully saturated rings. The number of carbonyl (C=O) groups excluding carboxylic acids is 2. The molecule has 200 valence electrons. The van der Waals surface area contributed by atoms with Gasteiger partial charge < -0.3 is 15.0 Å². The zero-order chi connectivity index (χ0) is 26.9. The van der Waals surface area contributed by atoms with Crippen molar-refractivity contribution in [3.63, 3.8) is 0 Å². The van der Waals surface area contributed by atoms with Crippen LogP contribution in [0.15, 0.2) is 72.8 Å². The molecule has 1 aliphatic carbocycles. The Morgan fingerprint density at radius 2 is 1.53 bits per heavy atom. The van der Waals surface area contributed by atoms with Gasteiger partial charge in [-0.25, -0.2) is 0 Å². The molecule has 0 radical (unpaired) electrons. The van der Waals surface area contributed by atoms with Gasteiger partial charge >= 0.3 is 0 Å². The molecule has 0 spiro atoms. The summed E-state index contributed by atoms with van der Waals surface area (Å²) in [7, 11) is 0. The molecule has 5 nitrogen and oxygen atoms in total. The van der Waals surface area contributed by atoms with Crippen molar-refractivity contribution in [2.24, 2.45) is 0 Å². The number of benzene rings is 3. The van der Waals surface area contributed by atoms with Crippen LogP contribution < -0.4 is 10.1 Å². The minimum absolute atomic E-state index is 0.0664. The van der Waals surface area contributed by atoms with Crippen molar-refractivity contribution in [1.29, 1.82) is 0 Å². The largest absolute Gasteiger partial charge is 0.484 e. The summed E-state index contributed by atoms with van der Waals surface area (Å²) in [6, 6.07) is 21.0. The molecule has 2 amide bonds. The van der Waals surface area contributed by atoms with Crippen molar-refractivity contribution in [2.45, 2.75) is 57.2 Å². The van der Waals surface area contributed by atoms with Crippen LogP contribution in [-0.4, -0.2) is 35.4 Å². The maximum atomic E-state index is 13.8. The zero-order valence-electron chi connectivity index (χ0n) is 21.0. The van der Waals surface area contributed by atoms with Gasteiger partial charge in [-0.2, -0.15) is 0 Å². The van der Waals surface area contributed by atoms with Gasteiger partial charge in [-0.05, 0) is 54.8 Å². The number of carbonyl (C=O) groups is 2. The number of halogens is 3. The molecular weight excluding hydrogens is 543 g/mol. The van der Waals surface area contributed by atoms with Gasteiger partial charge in [-0.1, -0.05) is 90.5 Å². The van der Waals surface area contributed by atoms with Crippen molar-refractivity contribution in [1.82, 2.24) is 10.2 Å². The van der Waals surface area contributed by atoms with E-state index in [1.54, 1.807) is 42.5 Å². The van der Waals surface area contributed by atoms with Crippen LogP contribution in [-0.2, 0) is 22.6 Å². The van der Waals surface area contributed by atoms with E-state index in [2.05, 4.69) is 5.32 Å². The molecule has 1 saturated carbocycles. The standard InChI is InChI=1S/C30H31Cl3N2O3/c31-22-14-16-24(17-15-22)38-20-29(36)35(19-25-26(32)12-7-13-27(25)33)28(18-21-8-3-1-4-9-21)30(37)34-23-10-5-2-6-11-23/h1,3-4,7-9,12-17,23,28H,2,5-6,10-11,18-20H2,(H,34,37). The highest BCUT2D eigenvalue weighted by Crippen LogP contribution is 2.28. The summed E-state index contributed by atoms with van der Waals surface area (Å²) in [6.07, 6.45) is 5.56. The van der Waals surface area contributed by atoms with Crippen molar-refractivity contribution in [3.8, 4) is 5.75 Å². The molecule has 1 unspecified atom stereocenters. The summed E-state index contributed by atoms with van der Waals surface area (Å²) in [5.41, 5.74) is 1.53. The van der Waals surface area contributed by atoms with E-state index in [9.17, 15) is 9.59 Å². The summed E-state index contributed by atoms with van der Waals surface area (Å²) in [5, 5.41) is 4.65. The van der Waals surface area contributed by atoms with Crippen LogP contribution in [0.1, 0.15) is 43.2 Å². The minimum atomic E-state index is -0.784. The molecule has 0 saturated heterocycles. The Morgan fingerprint density at radius 1 is 0.868 bits per heavy atom. The predicted octanol–water partition coefficient (Wildman–Crippen LogP) is 7.11. The molecule has 4 rings (SSSR count). The number of nitrogens with one attached hydrogen (secondary N) is 1. The highest BCUT2D eigenvalue weighted by molar-refractivity contribution is 6.36. The van der Waals surface area contributed by atoms with Crippen LogP contribution in [0.5, 0.6) is 5.75 Å². The number of ether oxygens (including phenoxy) is 1. The van der Waals surface area contributed by atoms with Crippen LogP contribution >= 0.6 is 34.8 Å². The second-order valence-electron chi connectivity index (χ2n) is 9.51. The van der Waals surface area contributed by atoms with E-state index in [-0.39, 0.29) is 31.0 Å². The first-order chi connectivity index (χ1) is 18.4. The Hall–Kier alpha value is -2.73. The molecule has 0 aromatic heterocycles. The van der Waals surface area contributed by atoms with E-state index >= 15 is 0 Å². The average molecular weight is 574 g/mol. The van der Waals surface area contributed by atoms with Gasteiger partial charge in [-0.15, -0.1) is 0 Å². The van der Waals surface area contributed by atoms with E-state index in [1.807, 2.05) is 30.3 Å². The Bertz CT molecular complexity index is 1190. The van der Waals surface area contributed by atoms with Gasteiger partial charge in [-0.3, -0.25) is 9.59 Å². The summed E-state index contributed by atoms with van der Waals surface area (Å²) < 4.78 is 5.78. The molecule has 3 aromatic rings. The number of nitrogens with zero attached hydrogens (tertiary/aromatic N) is 1. The SMILES string of the molecule is O=C(NC1CCCCC1)C(Cc1ccccc1)N(Cc1c(Cl)cccc1Cl)C(=O)COc1ccc(Cl)cc1.